The summed E-state index contributed by atoms with van der Waals surface area (Å²) in [6, 6.07) is 1.26. The van der Waals surface area contributed by atoms with E-state index in [1.807, 2.05) is 0 Å². The van der Waals surface area contributed by atoms with E-state index >= 15 is 0 Å². The minimum Gasteiger partial charge on any atom is -0.465 e. The summed E-state index contributed by atoms with van der Waals surface area (Å²) in [6.45, 7) is 2.00. The van der Waals surface area contributed by atoms with Gasteiger partial charge in [-0.2, -0.15) is 5.10 Å². The van der Waals surface area contributed by atoms with E-state index in [0.29, 0.717) is 23.1 Å². The Hall–Kier alpha value is -1.37. The normalized spacial score (nSPS) is 12.1. The lowest BCUT2D eigenvalue weighted by Gasteiger charge is -2.11. The highest BCUT2D eigenvalue weighted by Gasteiger charge is 2.10. The lowest BCUT2D eigenvalue weighted by Crippen LogP contribution is -2.35. The molecule has 0 spiro atoms. The number of aromatic nitrogens is 2. The number of carbonyl (C=O) groups is 2. The molecular formula is C8H10BrN3O3. The van der Waals surface area contributed by atoms with Crippen LogP contribution >= 0.6 is 15.9 Å². The first-order valence-electron chi connectivity index (χ1n) is 4.21. The number of aldehydes is 1. The molecule has 0 radical (unpaired) electrons. The van der Waals surface area contributed by atoms with Crippen molar-refractivity contribution in [3.63, 3.8) is 0 Å². The van der Waals surface area contributed by atoms with Crippen LogP contribution in [0.3, 0.4) is 0 Å². The lowest BCUT2D eigenvalue weighted by atomic mass is 10.3. The van der Waals surface area contributed by atoms with Crippen molar-refractivity contribution >= 4 is 28.3 Å². The van der Waals surface area contributed by atoms with Gasteiger partial charge in [0.05, 0.1) is 6.54 Å². The van der Waals surface area contributed by atoms with E-state index in [1.54, 1.807) is 13.0 Å². The average molecular weight is 276 g/mol. The molecule has 1 amide bonds. The van der Waals surface area contributed by atoms with E-state index in [0.717, 1.165) is 0 Å². The number of nitrogens with one attached hydrogen (secondary N) is 1. The van der Waals surface area contributed by atoms with E-state index in [2.05, 4.69) is 26.3 Å². The van der Waals surface area contributed by atoms with Crippen LogP contribution in [0.25, 0.3) is 0 Å². The number of hydrogen-bond acceptors (Lipinski definition) is 3. The Morgan fingerprint density at radius 2 is 2.53 bits per heavy atom. The van der Waals surface area contributed by atoms with Gasteiger partial charge in [-0.3, -0.25) is 9.48 Å². The first kappa shape index (κ1) is 11.7. The third-order valence-electron chi connectivity index (χ3n) is 1.72. The number of carbonyl (C=O) groups excluding carboxylic acids is 1. The fourth-order valence-electron chi connectivity index (χ4n) is 1.16. The summed E-state index contributed by atoms with van der Waals surface area (Å²) < 4.78 is 1.99. The molecule has 7 heteroatoms. The zero-order valence-electron chi connectivity index (χ0n) is 7.98. The van der Waals surface area contributed by atoms with Gasteiger partial charge in [0, 0.05) is 12.1 Å². The largest absolute Gasteiger partial charge is 0.465 e. The Morgan fingerprint density at radius 1 is 1.87 bits per heavy atom. The molecule has 15 heavy (non-hydrogen) atoms. The summed E-state index contributed by atoms with van der Waals surface area (Å²) in [5, 5.41) is 14.7. The van der Waals surface area contributed by atoms with E-state index in [-0.39, 0.29) is 6.04 Å². The van der Waals surface area contributed by atoms with Gasteiger partial charge in [0.2, 0.25) is 0 Å². The van der Waals surface area contributed by atoms with Crippen LogP contribution in [0.5, 0.6) is 0 Å². The van der Waals surface area contributed by atoms with Crippen molar-refractivity contribution in [3.8, 4) is 0 Å². The maximum atomic E-state index is 10.6. The Labute approximate surface area is 94.4 Å². The first-order chi connectivity index (χ1) is 7.02. The Balaban J connectivity index is 2.70. The van der Waals surface area contributed by atoms with Gasteiger partial charge in [0.15, 0.2) is 6.29 Å². The second-order valence-corrected chi connectivity index (χ2v) is 3.85. The monoisotopic (exact) mass is 275 g/mol. The van der Waals surface area contributed by atoms with Crippen LogP contribution in [0.1, 0.15) is 17.4 Å². The van der Waals surface area contributed by atoms with E-state index in [4.69, 9.17) is 5.11 Å². The number of nitrogens with zero attached hydrogens (tertiary/aromatic N) is 2. The smallest absolute Gasteiger partial charge is 0.404 e. The second-order valence-electron chi connectivity index (χ2n) is 3.04. The van der Waals surface area contributed by atoms with Crippen LogP contribution in [0.15, 0.2) is 10.7 Å². The molecule has 0 aliphatic heterocycles. The Morgan fingerprint density at radius 3 is 3.07 bits per heavy atom. The molecule has 0 aliphatic carbocycles. The van der Waals surface area contributed by atoms with Gasteiger partial charge in [-0.05, 0) is 22.9 Å². The molecule has 0 aliphatic rings. The summed E-state index contributed by atoms with van der Waals surface area (Å²) >= 11 is 3.14. The number of hydrogen-bond donors (Lipinski definition) is 2. The van der Waals surface area contributed by atoms with Crippen LogP contribution < -0.4 is 5.32 Å². The van der Waals surface area contributed by atoms with Gasteiger partial charge in [0.25, 0.3) is 0 Å². The van der Waals surface area contributed by atoms with Crippen molar-refractivity contribution < 1.29 is 14.7 Å². The maximum absolute atomic E-state index is 10.6. The zero-order chi connectivity index (χ0) is 11.4. The summed E-state index contributed by atoms with van der Waals surface area (Å²) in [5.41, 5.74) is 0.404. The summed E-state index contributed by atoms with van der Waals surface area (Å²) in [6.07, 6.45) is -0.424. The number of carboxylic acid groups (broad SMARTS) is 1. The molecule has 6 nitrogen and oxygen atoms in total. The van der Waals surface area contributed by atoms with Gasteiger partial charge in [-0.15, -0.1) is 0 Å². The van der Waals surface area contributed by atoms with Gasteiger partial charge in [0.1, 0.15) is 10.3 Å². The summed E-state index contributed by atoms with van der Waals surface area (Å²) in [7, 11) is 0. The highest BCUT2D eigenvalue weighted by molar-refractivity contribution is 9.10. The number of amides is 1. The number of rotatable bonds is 4. The molecule has 1 rings (SSSR count). The van der Waals surface area contributed by atoms with Gasteiger partial charge < -0.3 is 10.4 Å². The molecule has 1 atom stereocenters. The minimum atomic E-state index is -1.10. The van der Waals surface area contributed by atoms with Crippen molar-refractivity contribution in [2.24, 2.45) is 0 Å². The Bertz CT molecular complexity index is 377. The zero-order valence-corrected chi connectivity index (χ0v) is 9.56. The van der Waals surface area contributed by atoms with Gasteiger partial charge >= 0.3 is 6.09 Å². The van der Waals surface area contributed by atoms with E-state index in [9.17, 15) is 9.59 Å². The van der Waals surface area contributed by atoms with Gasteiger partial charge in [-0.1, -0.05) is 0 Å². The third kappa shape index (κ3) is 3.35. The molecule has 0 saturated carbocycles. The predicted octanol–water partition coefficient (Wildman–Crippen LogP) is 1.11. The highest BCUT2D eigenvalue weighted by Crippen LogP contribution is 2.09. The minimum absolute atomic E-state index is 0.311. The van der Waals surface area contributed by atoms with Crippen molar-refractivity contribution in [1.29, 1.82) is 0 Å². The molecule has 1 aromatic heterocycles. The molecular weight excluding hydrogens is 266 g/mol. The molecule has 2 N–H and O–H groups in total. The topological polar surface area (TPSA) is 84.2 Å². The average Bonchev–Trinajstić information content (AvgIpc) is 2.44. The highest BCUT2D eigenvalue weighted by atomic mass is 79.9. The quantitative estimate of drug-likeness (QED) is 0.807. The maximum Gasteiger partial charge on any atom is 0.404 e. The molecule has 82 valence electrons. The lowest BCUT2D eigenvalue weighted by molar-refractivity contribution is 0.111. The van der Waals surface area contributed by atoms with Gasteiger partial charge in [-0.25, -0.2) is 4.79 Å². The summed E-state index contributed by atoms with van der Waals surface area (Å²) in [4.78, 5) is 21.0. The van der Waals surface area contributed by atoms with Crippen LogP contribution in [-0.2, 0) is 6.54 Å². The van der Waals surface area contributed by atoms with Crippen molar-refractivity contribution in [3.05, 3.63) is 16.4 Å². The van der Waals surface area contributed by atoms with E-state index < -0.39 is 6.09 Å². The fourth-order valence-corrected chi connectivity index (χ4v) is 1.58. The van der Waals surface area contributed by atoms with Crippen molar-refractivity contribution in [2.75, 3.05) is 0 Å². The molecule has 1 unspecified atom stereocenters. The summed E-state index contributed by atoms with van der Waals surface area (Å²) in [5.74, 6) is 0. The first-order valence-corrected chi connectivity index (χ1v) is 5.00. The van der Waals surface area contributed by atoms with Crippen molar-refractivity contribution in [1.82, 2.24) is 15.1 Å². The van der Waals surface area contributed by atoms with Crippen LogP contribution in [0.2, 0.25) is 0 Å². The number of halogens is 1. The molecule has 1 aromatic rings. The van der Waals surface area contributed by atoms with Crippen LogP contribution in [0, 0.1) is 0 Å². The molecule has 0 fully saturated rings. The van der Waals surface area contributed by atoms with Crippen LogP contribution in [-0.4, -0.2) is 33.3 Å². The van der Waals surface area contributed by atoms with Crippen molar-refractivity contribution in [2.45, 2.75) is 19.5 Å². The van der Waals surface area contributed by atoms with Crippen LogP contribution in [0.4, 0.5) is 4.79 Å². The molecule has 0 bridgehead atoms. The molecule has 0 saturated heterocycles. The predicted molar refractivity (Wildman–Crippen MR) is 55.9 cm³/mol. The molecule has 1 heterocycles. The third-order valence-corrected chi connectivity index (χ3v) is 2.11. The Kier molecular flexibility index (Phi) is 3.84. The SMILES string of the molecule is CC(Cn1nc(Br)cc1C=O)NC(=O)O. The standard InChI is InChI=1S/C8H10BrN3O3/c1-5(10-8(14)15)3-12-6(4-13)2-7(9)11-12/h2,4-5,10H,3H2,1H3,(H,14,15). The molecule has 0 aromatic carbocycles. The van der Waals surface area contributed by atoms with E-state index in [1.165, 1.54) is 4.68 Å². The fraction of sp³-hybridized carbons (Fsp3) is 0.375. The second kappa shape index (κ2) is 4.92.